The Kier molecular flexibility index (Phi) is 4.37. The van der Waals surface area contributed by atoms with Crippen LogP contribution in [-0.2, 0) is 17.6 Å². The van der Waals surface area contributed by atoms with E-state index in [-0.39, 0.29) is 12.0 Å². The zero-order chi connectivity index (χ0) is 17.4. The zero-order valence-electron chi connectivity index (χ0n) is 14.5. The number of benzene rings is 1. The average Bonchev–Trinajstić information content (AvgIpc) is 3.02. The monoisotopic (exact) mass is 358 g/mol. The number of hydrogen-bond donors (Lipinski definition) is 1. The van der Waals surface area contributed by atoms with E-state index in [0.29, 0.717) is 16.6 Å². The van der Waals surface area contributed by atoms with Gasteiger partial charge in [0, 0.05) is 4.88 Å². The standard InChI is InChI=1S/C19H22N2O3S/c1-3-12-8-9-13-16(10-12)25-19(20-13)21-18(22)17-11(2)23-14-6-4-5-7-15(14)24-17/h4-7,11-12,17H,3,8-10H2,1-2H3,(H,20,21,22). The van der Waals surface area contributed by atoms with Crippen molar-refractivity contribution in [2.45, 2.75) is 51.7 Å². The van der Waals surface area contributed by atoms with Gasteiger partial charge >= 0.3 is 0 Å². The number of hydrogen-bond acceptors (Lipinski definition) is 5. The molecule has 25 heavy (non-hydrogen) atoms. The fourth-order valence-electron chi connectivity index (χ4n) is 3.43. The second kappa shape index (κ2) is 6.67. The van der Waals surface area contributed by atoms with Gasteiger partial charge in [0.1, 0.15) is 6.10 Å². The number of anilines is 1. The normalized spacial score (nSPS) is 24.5. The van der Waals surface area contributed by atoms with Crippen molar-refractivity contribution >= 4 is 22.4 Å². The third-order valence-corrected chi connectivity index (χ3v) is 5.99. The number of carbonyl (C=O) groups is 1. The molecule has 2 heterocycles. The van der Waals surface area contributed by atoms with Crippen molar-refractivity contribution in [3.63, 3.8) is 0 Å². The van der Waals surface area contributed by atoms with E-state index >= 15 is 0 Å². The number of rotatable bonds is 3. The van der Waals surface area contributed by atoms with Crippen molar-refractivity contribution in [2.24, 2.45) is 5.92 Å². The Balaban J connectivity index is 1.47. The third kappa shape index (κ3) is 3.23. The van der Waals surface area contributed by atoms with Crippen LogP contribution in [0.15, 0.2) is 24.3 Å². The van der Waals surface area contributed by atoms with Crippen LogP contribution in [-0.4, -0.2) is 23.1 Å². The Morgan fingerprint density at radius 3 is 2.84 bits per heavy atom. The molecule has 0 fully saturated rings. The summed E-state index contributed by atoms with van der Waals surface area (Å²) >= 11 is 1.59. The molecule has 0 saturated heterocycles. The van der Waals surface area contributed by atoms with Gasteiger partial charge in [-0.1, -0.05) is 25.5 Å². The van der Waals surface area contributed by atoms with Crippen LogP contribution in [0.25, 0.3) is 0 Å². The first-order chi connectivity index (χ1) is 12.1. The lowest BCUT2D eigenvalue weighted by Crippen LogP contribution is -2.46. The molecule has 5 nitrogen and oxygen atoms in total. The quantitative estimate of drug-likeness (QED) is 0.906. The summed E-state index contributed by atoms with van der Waals surface area (Å²) in [6.45, 7) is 4.08. The number of nitrogens with zero attached hydrogens (tertiary/aromatic N) is 1. The van der Waals surface area contributed by atoms with Gasteiger partial charge < -0.3 is 9.47 Å². The van der Waals surface area contributed by atoms with Crippen LogP contribution in [0.3, 0.4) is 0 Å². The molecule has 2 aromatic rings. The first-order valence-electron chi connectivity index (χ1n) is 8.85. The second-order valence-electron chi connectivity index (χ2n) is 6.70. The molecule has 0 radical (unpaired) electrons. The summed E-state index contributed by atoms with van der Waals surface area (Å²) in [6, 6.07) is 7.42. The number of aromatic nitrogens is 1. The van der Waals surface area contributed by atoms with Gasteiger partial charge in [-0.2, -0.15) is 0 Å². The Bertz CT molecular complexity index is 789. The number of aryl methyl sites for hydroxylation is 1. The molecule has 6 heteroatoms. The number of fused-ring (bicyclic) bond motifs is 2. The predicted molar refractivity (Wildman–Crippen MR) is 97.5 cm³/mol. The largest absolute Gasteiger partial charge is 0.482 e. The van der Waals surface area contributed by atoms with Crippen molar-refractivity contribution in [1.82, 2.24) is 4.98 Å². The lowest BCUT2D eigenvalue weighted by atomic mass is 9.89. The number of amides is 1. The van der Waals surface area contributed by atoms with Gasteiger partial charge in [0.05, 0.1) is 5.69 Å². The van der Waals surface area contributed by atoms with Crippen molar-refractivity contribution in [3.05, 3.63) is 34.8 Å². The fraction of sp³-hybridized carbons (Fsp3) is 0.474. The van der Waals surface area contributed by atoms with Crippen LogP contribution >= 0.6 is 11.3 Å². The Hall–Kier alpha value is -2.08. The topological polar surface area (TPSA) is 60.5 Å². The second-order valence-corrected chi connectivity index (χ2v) is 7.79. The molecule has 0 saturated carbocycles. The van der Waals surface area contributed by atoms with Gasteiger partial charge in [-0.05, 0) is 44.2 Å². The van der Waals surface area contributed by atoms with E-state index in [2.05, 4.69) is 17.2 Å². The minimum Gasteiger partial charge on any atom is -0.482 e. The summed E-state index contributed by atoms with van der Waals surface area (Å²) in [5.74, 6) is 1.81. The van der Waals surface area contributed by atoms with Gasteiger partial charge in [0.15, 0.2) is 16.6 Å². The van der Waals surface area contributed by atoms with Crippen LogP contribution in [0, 0.1) is 5.92 Å². The molecule has 1 amide bonds. The molecular formula is C19H22N2O3S. The van der Waals surface area contributed by atoms with Crippen LogP contribution in [0.5, 0.6) is 11.5 Å². The number of thiazole rings is 1. The van der Waals surface area contributed by atoms with E-state index in [1.54, 1.807) is 11.3 Å². The molecule has 3 unspecified atom stereocenters. The Labute approximate surface area is 151 Å². The third-order valence-electron chi connectivity index (χ3n) is 4.95. The van der Waals surface area contributed by atoms with Crippen LogP contribution in [0.4, 0.5) is 5.13 Å². The van der Waals surface area contributed by atoms with Gasteiger partial charge in [0.25, 0.3) is 5.91 Å². The number of nitrogens with one attached hydrogen (secondary N) is 1. The molecule has 1 aromatic carbocycles. The lowest BCUT2D eigenvalue weighted by molar-refractivity contribution is -0.128. The van der Waals surface area contributed by atoms with Gasteiger partial charge in [-0.25, -0.2) is 4.98 Å². The number of ether oxygens (including phenoxy) is 2. The SMILES string of the molecule is CCC1CCc2nc(NC(=O)C3Oc4ccccc4OC3C)sc2C1. The molecular weight excluding hydrogens is 336 g/mol. The zero-order valence-corrected chi connectivity index (χ0v) is 15.3. The fourth-order valence-corrected chi connectivity index (χ4v) is 4.55. The summed E-state index contributed by atoms with van der Waals surface area (Å²) in [6.07, 6.45) is 3.43. The average molecular weight is 358 g/mol. The first kappa shape index (κ1) is 16.4. The van der Waals surface area contributed by atoms with Crippen LogP contribution in [0.2, 0.25) is 0 Å². The molecule has 4 rings (SSSR count). The van der Waals surface area contributed by atoms with Crippen LogP contribution in [0.1, 0.15) is 37.3 Å². The first-order valence-corrected chi connectivity index (χ1v) is 9.67. The van der Waals surface area contributed by atoms with Gasteiger partial charge in [-0.3, -0.25) is 10.1 Å². The molecule has 2 aliphatic rings. The lowest BCUT2D eigenvalue weighted by Gasteiger charge is -2.30. The predicted octanol–water partition coefficient (Wildman–Crippen LogP) is 3.83. The molecule has 0 bridgehead atoms. The maximum absolute atomic E-state index is 12.7. The van der Waals surface area contributed by atoms with Gasteiger partial charge in [0.2, 0.25) is 6.10 Å². The highest BCUT2D eigenvalue weighted by atomic mass is 32.1. The van der Waals surface area contributed by atoms with Crippen molar-refractivity contribution in [1.29, 1.82) is 0 Å². The maximum Gasteiger partial charge on any atom is 0.271 e. The van der Waals surface area contributed by atoms with Crippen molar-refractivity contribution in [2.75, 3.05) is 5.32 Å². The minimum atomic E-state index is -0.681. The number of para-hydroxylation sites is 2. The molecule has 1 aliphatic carbocycles. The number of carbonyl (C=O) groups excluding carboxylic acids is 1. The van der Waals surface area contributed by atoms with E-state index in [0.717, 1.165) is 24.5 Å². The minimum absolute atomic E-state index is 0.208. The van der Waals surface area contributed by atoms with E-state index in [4.69, 9.17) is 9.47 Å². The molecule has 1 aliphatic heterocycles. The molecule has 1 N–H and O–H groups in total. The molecule has 3 atom stereocenters. The van der Waals surface area contributed by atoms with E-state index in [9.17, 15) is 4.79 Å². The maximum atomic E-state index is 12.7. The Morgan fingerprint density at radius 2 is 2.08 bits per heavy atom. The summed E-state index contributed by atoms with van der Waals surface area (Å²) in [5.41, 5.74) is 1.14. The van der Waals surface area contributed by atoms with Crippen LogP contribution < -0.4 is 14.8 Å². The molecule has 132 valence electrons. The summed E-state index contributed by atoms with van der Waals surface area (Å²) in [4.78, 5) is 18.6. The van der Waals surface area contributed by atoms with E-state index in [1.165, 1.54) is 17.7 Å². The smallest absolute Gasteiger partial charge is 0.271 e. The highest BCUT2D eigenvalue weighted by Crippen LogP contribution is 2.35. The van der Waals surface area contributed by atoms with Crippen molar-refractivity contribution < 1.29 is 14.3 Å². The van der Waals surface area contributed by atoms with Crippen molar-refractivity contribution in [3.8, 4) is 11.5 Å². The van der Waals surface area contributed by atoms with E-state index < -0.39 is 6.10 Å². The van der Waals surface area contributed by atoms with Gasteiger partial charge in [-0.15, -0.1) is 11.3 Å². The molecule has 0 spiro atoms. The van der Waals surface area contributed by atoms with E-state index in [1.807, 2.05) is 31.2 Å². The molecule has 1 aromatic heterocycles. The highest BCUT2D eigenvalue weighted by molar-refractivity contribution is 7.15. The summed E-state index contributed by atoms with van der Waals surface area (Å²) in [5, 5.41) is 3.59. The summed E-state index contributed by atoms with van der Waals surface area (Å²) in [7, 11) is 0. The summed E-state index contributed by atoms with van der Waals surface area (Å²) < 4.78 is 11.7. The Morgan fingerprint density at radius 1 is 1.32 bits per heavy atom. The highest BCUT2D eigenvalue weighted by Gasteiger charge is 2.34.